The van der Waals surface area contributed by atoms with Crippen LogP contribution in [0, 0.1) is 10.1 Å². The van der Waals surface area contributed by atoms with E-state index in [-0.39, 0.29) is 25.4 Å². The Bertz CT molecular complexity index is 416. The van der Waals surface area contributed by atoms with Crippen LogP contribution in [0.2, 0.25) is 0 Å². The van der Waals surface area contributed by atoms with Gasteiger partial charge in [0.15, 0.2) is 6.29 Å². The molecule has 1 aliphatic rings. The van der Waals surface area contributed by atoms with Crippen LogP contribution in [0.4, 0.5) is 5.95 Å². The van der Waals surface area contributed by atoms with Gasteiger partial charge in [0.25, 0.3) is 0 Å². The largest absolute Gasteiger partial charge is 0.434 e. The van der Waals surface area contributed by atoms with Crippen molar-refractivity contribution in [2.24, 2.45) is 0 Å². The molecule has 0 spiro atoms. The van der Waals surface area contributed by atoms with Gasteiger partial charge in [-0.05, 0) is 24.2 Å². The number of aliphatic hydroxyl groups is 1. The highest BCUT2D eigenvalue weighted by molar-refractivity contribution is 5.06. The van der Waals surface area contributed by atoms with E-state index in [9.17, 15) is 15.2 Å². The molecule has 2 rings (SSSR count). The number of nitro groups is 1. The molecule has 2 heterocycles. The van der Waals surface area contributed by atoms with Gasteiger partial charge >= 0.3 is 5.95 Å². The summed E-state index contributed by atoms with van der Waals surface area (Å²) in [5.74, 6) is -0.258. The molecule has 0 bridgehead atoms. The molecule has 1 fully saturated rings. The Morgan fingerprint density at radius 1 is 1.68 bits per heavy atom. The lowest BCUT2D eigenvalue weighted by Gasteiger charge is -2.26. The van der Waals surface area contributed by atoms with Crippen LogP contribution in [0.5, 0.6) is 0 Å². The zero-order chi connectivity index (χ0) is 13.7. The number of rotatable bonds is 6. The molecule has 8 heteroatoms. The summed E-state index contributed by atoms with van der Waals surface area (Å²) in [4.78, 5) is 13.8. The van der Waals surface area contributed by atoms with Gasteiger partial charge in [0.2, 0.25) is 0 Å². The Hall–Kier alpha value is -1.51. The second kappa shape index (κ2) is 6.60. The molecule has 0 aliphatic carbocycles. The molecule has 8 nitrogen and oxygen atoms in total. The van der Waals surface area contributed by atoms with Gasteiger partial charge in [0, 0.05) is 6.61 Å². The van der Waals surface area contributed by atoms with E-state index in [1.807, 2.05) is 0 Å². The molecule has 0 amide bonds. The van der Waals surface area contributed by atoms with Crippen LogP contribution in [-0.4, -0.2) is 45.2 Å². The number of aromatic nitrogens is 2. The smallest absolute Gasteiger partial charge is 0.394 e. The van der Waals surface area contributed by atoms with Crippen molar-refractivity contribution in [1.29, 1.82) is 0 Å². The molecule has 2 unspecified atom stereocenters. The molecule has 1 aliphatic heterocycles. The molecule has 1 aromatic rings. The van der Waals surface area contributed by atoms with Gasteiger partial charge in [0.1, 0.15) is 25.0 Å². The lowest BCUT2D eigenvalue weighted by Crippen LogP contribution is -2.32. The zero-order valence-electron chi connectivity index (χ0n) is 10.5. The molecular formula is C11H17N3O5. The summed E-state index contributed by atoms with van der Waals surface area (Å²) in [5.41, 5.74) is 0. The SMILES string of the molecule is O=[N+]([O-])c1nccn1CC(CO)OC1CCCCO1. The van der Waals surface area contributed by atoms with E-state index in [0.29, 0.717) is 6.61 Å². The van der Waals surface area contributed by atoms with Gasteiger partial charge in [-0.2, -0.15) is 0 Å². The van der Waals surface area contributed by atoms with Crippen molar-refractivity contribution in [1.82, 2.24) is 9.55 Å². The normalized spacial score (nSPS) is 21.2. The van der Waals surface area contributed by atoms with Crippen molar-refractivity contribution >= 4 is 5.95 Å². The fourth-order valence-corrected chi connectivity index (χ4v) is 2.01. The average molecular weight is 271 g/mol. The third kappa shape index (κ3) is 3.72. The average Bonchev–Trinajstić information content (AvgIpc) is 2.87. The molecule has 0 radical (unpaired) electrons. The van der Waals surface area contributed by atoms with Crippen LogP contribution < -0.4 is 0 Å². The highest BCUT2D eigenvalue weighted by Crippen LogP contribution is 2.17. The summed E-state index contributed by atoms with van der Waals surface area (Å²) >= 11 is 0. The van der Waals surface area contributed by atoms with Crippen LogP contribution in [0.3, 0.4) is 0 Å². The Balaban J connectivity index is 1.94. The van der Waals surface area contributed by atoms with Crippen LogP contribution in [0.1, 0.15) is 19.3 Å². The number of nitrogens with zero attached hydrogens (tertiary/aromatic N) is 3. The van der Waals surface area contributed by atoms with Crippen molar-refractivity contribution in [3.8, 4) is 0 Å². The maximum atomic E-state index is 10.7. The fourth-order valence-electron chi connectivity index (χ4n) is 2.01. The maximum Gasteiger partial charge on any atom is 0.434 e. The third-order valence-corrected chi connectivity index (χ3v) is 2.94. The van der Waals surface area contributed by atoms with Crippen molar-refractivity contribution < 1.29 is 19.5 Å². The molecule has 19 heavy (non-hydrogen) atoms. The molecule has 1 aromatic heterocycles. The topological polar surface area (TPSA) is 99.7 Å². The Morgan fingerprint density at radius 3 is 3.16 bits per heavy atom. The van der Waals surface area contributed by atoms with E-state index in [4.69, 9.17) is 9.47 Å². The second-order valence-corrected chi connectivity index (χ2v) is 4.37. The lowest BCUT2D eigenvalue weighted by atomic mass is 10.2. The first-order valence-corrected chi connectivity index (χ1v) is 6.24. The molecule has 1 saturated heterocycles. The molecule has 1 N–H and O–H groups in total. The van der Waals surface area contributed by atoms with Gasteiger partial charge < -0.3 is 24.7 Å². The number of ether oxygens (including phenoxy) is 2. The fraction of sp³-hybridized carbons (Fsp3) is 0.727. The number of hydrogen-bond donors (Lipinski definition) is 1. The summed E-state index contributed by atoms with van der Waals surface area (Å²) in [5, 5.41) is 20.0. The molecule has 0 aromatic carbocycles. The van der Waals surface area contributed by atoms with Crippen molar-refractivity contribution in [2.45, 2.75) is 38.2 Å². The van der Waals surface area contributed by atoms with Crippen LogP contribution in [0.25, 0.3) is 0 Å². The third-order valence-electron chi connectivity index (χ3n) is 2.94. The van der Waals surface area contributed by atoms with Gasteiger partial charge in [-0.25, -0.2) is 4.57 Å². The Labute approximate surface area is 110 Å². The summed E-state index contributed by atoms with van der Waals surface area (Å²) in [6.45, 7) is 0.593. The first kappa shape index (κ1) is 13.9. The summed E-state index contributed by atoms with van der Waals surface area (Å²) in [6.07, 6.45) is 4.77. The maximum absolute atomic E-state index is 10.7. The van der Waals surface area contributed by atoms with Crippen molar-refractivity contribution in [3.05, 3.63) is 22.5 Å². The van der Waals surface area contributed by atoms with E-state index >= 15 is 0 Å². The molecule has 106 valence electrons. The molecule has 0 saturated carbocycles. The Kier molecular flexibility index (Phi) is 4.83. The van der Waals surface area contributed by atoms with E-state index in [0.717, 1.165) is 19.3 Å². The first-order chi connectivity index (χ1) is 9.20. The number of aliphatic hydroxyl groups excluding tert-OH is 1. The van der Waals surface area contributed by atoms with E-state index in [2.05, 4.69) is 4.98 Å². The minimum atomic E-state index is -0.564. The van der Waals surface area contributed by atoms with E-state index in [1.54, 1.807) is 0 Å². The highest BCUT2D eigenvalue weighted by Gasteiger charge is 2.23. The minimum Gasteiger partial charge on any atom is -0.394 e. The second-order valence-electron chi connectivity index (χ2n) is 4.37. The van der Waals surface area contributed by atoms with Crippen LogP contribution in [0.15, 0.2) is 12.4 Å². The van der Waals surface area contributed by atoms with E-state index in [1.165, 1.54) is 17.0 Å². The number of imidazole rings is 1. The van der Waals surface area contributed by atoms with Crippen LogP contribution >= 0.6 is 0 Å². The van der Waals surface area contributed by atoms with Crippen molar-refractivity contribution in [3.63, 3.8) is 0 Å². The number of hydrogen-bond acceptors (Lipinski definition) is 6. The quantitative estimate of drug-likeness (QED) is 0.603. The van der Waals surface area contributed by atoms with Gasteiger partial charge in [-0.3, -0.25) is 0 Å². The van der Waals surface area contributed by atoms with Gasteiger partial charge in [-0.15, -0.1) is 0 Å². The van der Waals surface area contributed by atoms with E-state index < -0.39 is 11.0 Å². The van der Waals surface area contributed by atoms with Crippen molar-refractivity contribution in [2.75, 3.05) is 13.2 Å². The predicted molar refractivity (Wildman–Crippen MR) is 64.4 cm³/mol. The lowest BCUT2D eigenvalue weighted by molar-refractivity contribution is -0.397. The summed E-state index contributed by atoms with van der Waals surface area (Å²) in [7, 11) is 0. The first-order valence-electron chi connectivity index (χ1n) is 6.24. The monoisotopic (exact) mass is 271 g/mol. The van der Waals surface area contributed by atoms with Gasteiger partial charge in [0.05, 0.1) is 6.61 Å². The van der Waals surface area contributed by atoms with Crippen LogP contribution in [-0.2, 0) is 16.0 Å². The standard InChI is InChI=1S/C11H17N3O5/c15-8-9(19-10-3-1-2-6-18-10)7-13-5-4-12-11(13)14(16)17/h4-5,9-10,15H,1-3,6-8H2. The van der Waals surface area contributed by atoms with Gasteiger partial charge in [-0.1, -0.05) is 4.98 Å². The minimum absolute atomic E-state index is 0.173. The summed E-state index contributed by atoms with van der Waals surface area (Å²) < 4.78 is 12.4. The Morgan fingerprint density at radius 2 is 2.53 bits per heavy atom. The summed E-state index contributed by atoms with van der Waals surface area (Å²) in [6, 6.07) is 0. The molecule has 2 atom stereocenters. The molecular weight excluding hydrogens is 254 g/mol. The highest BCUT2D eigenvalue weighted by atomic mass is 16.7. The zero-order valence-corrected chi connectivity index (χ0v) is 10.5. The predicted octanol–water partition coefficient (Wildman–Crippen LogP) is 0.695.